The van der Waals surface area contributed by atoms with Crippen molar-refractivity contribution in [2.24, 2.45) is 0 Å². The first-order valence-electron chi connectivity index (χ1n) is 10.6. The molecule has 0 aliphatic carbocycles. The Hall–Kier alpha value is -3.28. The number of halogens is 2. The fourth-order valence-electron chi connectivity index (χ4n) is 3.68. The molecule has 168 valence electrons. The van der Waals surface area contributed by atoms with Crippen LogP contribution in [0.1, 0.15) is 24.8 Å². The van der Waals surface area contributed by atoms with Crippen LogP contribution in [0.25, 0.3) is 16.9 Å². The third-order valence-electron chi connectivity index (χ3n) is 5.41. The van der Waals surface area contributed by atoms with Crippen LogP contribution in [0.2, 0.25) is 10.0 Å². The Morgan fingerprint density at radius 2 is 1.76 bits per heavy atom. The molecule has 0 spiro atoms. The Morgan fingerprint density at radius 3 is 2.42 bits per heavy atom. The van der Waals surface area contributed by atoms with E-state index in [1.165, 1.54) is 0 Å². The highest BCUT2D eigenvalue weighted by molar-refractivity contribution is 6.34. The summed E-state index contributed by atoms with van der Waals surface area (Å²) in [6.07, 6.45) is 0.660. The van der Waals surface area contributed by atoms with Crippen LogP contribution in [0.15, 0.2) is 78.9 Å². The van der Waals surface area contributed by atoms with Gasteiger partial charge in [0, 0.05) is 16.7 Å². The average Bonchev–Trinajstić information content (AvgIpc) is 3.25. The van der Waals surface area contributed by atoms with Gasteiger partial charge < -0.3 is 10.1 Å². The van der Waals surface area contributed by atoms with E-state index < -0.39 is 0 Å². The van der Waals surface area contributed by atoms with Gasteiger partial charge in [-0.1, -0.05) is 60.5 Å². The van der Waals surface area contributed by atoms with Crippen molar-refractivity contribution in [2.75, 3.05) is 12.4 Å². The van der Waals surface area contributed by atoms with Crippen molar-refractivity contribution in [1.82, 2.24) is 9.78 Å². The van der Waals surface area contributed by atoms with Gasteiger partial charge in [0.25, 0.3) is 0 Å². The molecule has 1 aromatic heterocycles. The first-order chi connectivity index (χ1) is 16.0. The van der Waals surface area contributed by atoms with E-state index in [9.17, 15) is 4.79 Å². The van der Waals surface area contributed by atoms with Crippen LogP contribution < -0.4 is 10.1 Å². The highest BCUT2D eigenvalue weighted by atomic mass is 35.5. The van der Waals surface area contributed by atoms with E-state index in [0.29, 0.717) is 33.7 Å². The molecule has 7 heteroatoms. The summed E-state index contributed by atoms with van der Waals surface area (Å²) in [5.74, 6) is 0.834. The number of hydrogen-bond donors (Lipinski definition) is 1. The van der Waals surface area contributed by atoms with Gasteiger partial charge in [0.2, 0.25) is 5.91 Å². The van der Waals surface area contributed by atoms with Gasteiger partial charge in [-0.25, -0.2) is 4.68 Å². The number of anilines is 1. The SMILES string of the molecule is CC[C@@H](C(=O)Nc1cc(-c2ccc(OC)cc2)nn1-c1cc(Cl)ccc1Cl)c1ccccc1. The first kappa shape index (κ1) is 22.9. The lowest BCUT2D eigenvalue weighted by Gasteiger charge is -2.16. The number of methoxy groups -OCH3 is 1. The summed E-state index contributed by atoms with van der Waals surface area (Å²) >= 11 is 12.7. The number of nitrogens with one attached hydrogen (secondary N) is 1. The van der Waals surface area contributed by atoms with E-state index in [0.717, 1.165) is 16.9 Å². The molecular weight excluding hydrogens is 457 g/mol. The number of nitrogens with zero attached hydrogens (tertiary/aromatic N) is 2. The fraction of sp³-hybridized carbons (Fsp3) is 0.154. The minimum Gasteiger partial charge on any atom is -0.497 e. The molecule has 4 rings (SSSR count). The molecular formula is C26H23Cl2N3O2. The summed E-state index contributed by atoms with van der Waals surface area (Å²) in [7, 11) is 1.62. The van der Waals surface area contributed by atoms with E-state index in [-0.39, 0.29) is 11.8 Å². The van der Waals surface area contributed by atoms with Crippen molar-refractivity contribution in [1.29, 1.82) is 0 Å². The van der Waals surface area contributed by atoms with Crippen LogP contribution in [0.3, 0.4) is 0 Å². The lowest BCUT2D eigenvalue weighted by atomic mass is 9.96. The van der Waals surface area contributed by atoms with Crippen molar-refractivity contribution in [2.45, 2.75) is 19.3 Å². The van der Waals surface area contributed by atoms with Crippen molar-refractivity contribution < 1.29 is 9.53 Å². The fourth-order valence-corrected chi connectivity index (χ4v) is 4.04. The van der Waals surface area contributed by atoms with Gasteiger partial charge in [-0.3, -0.25) is 4.79 Å². The zero-order valence-corrected chi connectivity index (χ0v) is 19.8. The normalized spacial score (nSPS) is 11.8. The van der Waals surface area contributed by atoms with Crippen molar-refractivity contribution in [3.63, 3.8) is 0 Å². The number of aromatic nitrogens is 2. The predicted molar refractivity (Wildman–Crippen MR) is 134 cm³/mol. The van der Waals surface area contributed by atoms with Crippen molar-refractivity contribution in [3.05, 3.63) is 94.5 Å². The molecule has 1 amide bonds. The Labute approximate surface area is 202 Å². The molecule has 33 heavy (non-hydrogen) atoms. The van der Waals surface area contributed by atoms with Gasteiger partial charge in [0.15, 0.2) is 0 Å². The zero-order chi connectivity index (χ0) is 23.4. The van der Waals surface area contributed by atoms with Crippen LogP contribution in [-0.4, -0.2) is 22.8 Å². The molecule has 0 bridgehead atoms. The summed E-state index contributed by atoms with van der Waals surface area (Å²) in [5.41, 5.74) is 3.08. The molecule has 0 saturated heterocycles. The Kier molecular flexibility index (Phi) is 7.02. The van der Waals surface area contributed by atoms with Crippen LogP contribution in [0.5, 0.6) is 5.75 Å². The maximum atomic E-state index is 13.3. The summed E-state index contributed by atoms with van der Waals surface area (Å²) in [5, 5.41) is 8.77. The highest BCUT2D eigenvalue weighted by Crippen LogP contribution is 2.31. The van der Waals surface area contributed by atoms with E-state index in [4.69, 9.17) is 33.0 Å². The maximum Gasteiger partial charge on any atom is 0.233 e. The Bertz CT molecular complexity index is 1250. The molecule has 1 heterocycles. The molecule has 5 nitrogen and oxygen atoms in total. The molecule has 0 fully saturated rings. The molecule has 0 aliphatic heterocycles. The third kappa shape index (κ3) is 5.05. The summed E-state index contributed by atoms with van der Waals surface area (Å²) in [6.45, 7) is 1.99. The predicted octanol–water partition coefficient (Wildman–Crippen LogP) is 6.99. The molecule has 0 radical (unpaired) electrons. The monoisotopic (exact) mass is 479 g/mol. The van der Waals surface area contributed by atoms with Crippen molar-refractivity contribution in [3.8, 4) is 22.7 Å². The van der Waals surface area contributed by atoms with Gasteiger partial charge in [-0.2, -0.15) is 5.10 Å². The molecule has 1 atom stereocenters. The third-order valence-corrected chi connectivity index (χ3v) is 5.96. The second-order valence-electron chi connectivity index (χ2n) is 7.51. The number of benzene rings is 3. The smallest absolute Gasteiger partial charge is 0.233 e. The molecule has 4 aromatic rings. The molecule has 3 aromatic carbocycles. The number of amides is 1. The lowest BCUT2D eigenvalue weighted by molar-refractivity contribution is -0.117. The van der Waals surface area contributed by atoms with E-state index >= 15 is 0 Å². The lowest BCUT2D eigenvalue weighted by Crippen LogP contribution is -2.22. The second-order valence-corrected chi connectivity index (χ2v) is 8.36. The maximum absolute atomic E-state index is 13.3. The standard InChI is InChI=1S/C26H23Cl2N3O2/c1-3-21(17-7-5-4-6-8-17)26(32)29-25-16-23(18-9-12-20(33-2)13-10-18)30-31(25)24-15-19(27)11-14-22(24)28/h4-16,21H,3H2,1-2H3,(H,29,32)/t21-/m1/s1. The van der Waals surface area contributed by atoms with Crippen LogP contribution >= 0.6 is 23.2 Å². The quantitative estimate of drug-likeness (QED) is 0.310. The van der Waals surface area contributed by atoms with Gasteiger partial charge in [-0.15, -0.1) is 0 Å². The molecule has 0 saturated carbocycles. The Balaban J connectivity index is 1.75. The highest BCUT2D eigenvalue weighted by Gasteiger charge is 2.22. The van der Waals surface area contributed by atoms with Crippen LogP contribution in [0.4, 0.5) is 5.82 Å². The van der Waals surface area contributed by atoms with Gasteiger partial charge >= 0.3 is 0 Å². The second kappa shape index (κ2) is 10.1. The summed E-state index contributed by atoms with van der Waals surface area (Å²) in [4.78, 5) is 13.3. The first-order valence-corrected chi connectivity index (χ1v) is 11.3. The van der Waals surface area contributed by atoms with E-state index in [1.807, 2.05) is 67.6 Å². The molecule has 1 N–H and O–H groups in total. The zero-order valence-electron chi connectivity index (χ0n) is 18.3. The van der Waals surface area contributed by atoms with Crippen LogP contribution in [0, 0.1) is 0 Å². The van der Waals surface area contributed by atoms with E-state index in [1.54, 1.807) is 30.0 Å². The van der Waals surface area contributed by atoms with Gasteiger partial charge in [-0.05, 0) is 54.4 Å². The van der Waals surface area contributed by atoms with Gasteiger partial charge in [0.1, 0.15) is 11.6 Å². The number of rotatable bonds is 7. The number of carbonyl (C=O) groups excluding carboxylic acids is 1. The minimum absolute atomic E-state index is 0.121. The molecule has 0 unspecified atom stereocenters. The van der Waals surface area contributed by atoms with Crippen molar-refractivity contribution >= 4 is 34.9 Å². The molecule has 0 aliphatic rings. The van der Waals surface area contributed by atoms with Crippen LogP contribution in [-0.2, 0) is 4.79 Å². The number of hydrogen-bond acceptors (Lipinski definition) is 3. The van der Waals surface area contributed by atoms with Gasteiger partial charge in [0.05, 0.1) is 29.4 Å². The minimum atomic E-state index is -0.297. The largest absolute Gasteiger partial charge is 0.497 e. The number of carbonyl (C=O) groups is 1. The average molecular weight is 480 g/mol. The number of ether oxygens (including phenoxy) is 1. The summed E-state index contributed by atoms with van der Waals surface area (Å²) in [6, 6.07) is 24.2. The topological polar surface area (TPSA) is 56.1 Å². The van der Waals surface area contributed by atoms with E-state index in [2.05, 4.69) is 5.32 Å². The Morgan fingerprint density at radius 1 is 1.03 bits per heavy atom. The summed E-state index contributed by atoms with van der Waals surface area (Å²) < 4.78 is 6.87.